The molecule has 0 saturated heterocycles. The number of rotatable bonds is 5. The van der Waals surface area contributed by atoms with Gasteiger partial charge in [-0.05, 0) is 12.8 Å². The lowest BCUT2D eigenvalue weighted by molar-refractivity contribution is 0.112. The lowest BCUT2D eigenvalue weighted by Crippen LogP contribution is -2.32. The van der Waals surface area contributed by atoms with Crippen molar-refractivity contribution in [3.05, 3.63) is 11.1 Å². The summed E-state index contributed by atoms with van der Waals surface area (Å²) in [7, 11) is 3.87. The summed E-state index contributed by atoms with van der Waals surface area (Å²) in [5, 5.41) is 3.92. The van der Waals surface area contributed by atoms with Crippen molar-refractivity contribution in [3.63, 3.8) is 0 Å². The van der Waals surface area contributed by atoms with Gasteiger partial charge < -0.3 is 16.0 Å². The number of nitrogen functional groups attached to an aromatic ring is 1. The lowest BCUT2D eigenvalue weighted by Gasteiger charge is -2.29. The fourth-order valence-corrected chi connectivity index (χ4v) is 4.20. The van der Waals surface area contributed by atoms with Crippen LogP contribution in [-0.2, 0) is 0 Å². The van der Waals surface area contributed by atoms with Gasteiger partial charge >= 0.3 is 0 Å². The van der Waals surface area contributed by atoms with Crippen molar-refractivity contribution in [2.75, 3.05) is 25.1 Å². The highest BCUT2D eigenvalue weighted by atomic mass is 32.1. The molecule has 0 aliphatic heterocycles. The summed E-state index contributed by atoms with van der Waals surface area (Å²) >= 11 is 1.34. The van der Waals surface area contributed by atoms with Crippen LogP contribution in [0, 0.1) is 0 Å². The molecule has 0 spiro atoms. The van der Waals surface area contributed by atoms with E-state index in [9.17, 15) is 4.79 Å². The highest BCUT2D eigenvalue weighted by Gasteiger charge is 2.19. The first-order valence-corrected chi connectivity index (χ1v) is 9.07. The first kappa shape index (κ1) is 16.7. The van der Waals surface area contributed by atoms with Crippen LogP contribution in [0.25, 0.3) is 10.2 Å². The van der Waals surface area contributed by atoms with Crippen molar-refractivity contribution in [2.45, 2.75) is 38.1 Å². The van der Waals surface area contributed by atoms with Gasteiger partial charge in [-0.1, -0.05) is 19.3 Å². The Bertz CT molecular complexity index is 764. The Hall–Kier alpha value is -2.15. The number of fused-ring (bicyclic) bond motifs is 1. The van der Waals surface area contributed by atoms with Gasteiger partial charge in [0.1, 0.15) is 4.83 Å². The van der Waals surface area contributed by atoms with E-state index in [1.54, 1.807) is 6.20 Å². The molecule has 1 saturated carbocycles. The fourth-order valence-electron chi connectivity index (χ4n) is 3.29. The quantitative estimate of drug-likeness (QED) is 0.491. The van der Waals surface area contributed by atoms with Crippen LogP contribution < -0.4 is 11.1 Å². The van der Waals surface area contributed by atoms with Gasteiger partial charge in [0.25, 0.3) is 0 Å². The van der Waals surface area contributed by atoms with Gasteiger partial charge in [-0.2, -0.15) is 0 Å². The Kier molecular flexibility index (Phi) is 4.99. The van der Waals surface area contributed by atoms with Crippen LogP contribution in [0.1, 0.15) is 41.8 Å². The van der Waals surface area contributed by atoms with E-state index in [0.29, 0.717) is 22.3 Å². The van der Waals surface area contributed by atoms with Crippen LogP contribution in [0.15, 0.2) is 11.2 Å². The number of pyridine rings is 1. The molecule has 2 aromatic rings. The highest BCUT2D eigenvalue weighted by Crippen LogP contribution is 2.42. The number of anilines is 2. The molecule has 128 valence electrons. The number of carbonyl (C=O) groups excluding carboxylic acids is 1. The molecule has 24 heavy (non-hydrogen) atoms. The standard InChI is InChI=1S/C17H23N5OS/c1-19-15-12(18)8-20-17-14(15)16(13(9-23)24-17)21-10-22(2)11-6-4-3-5-7-11/h8-11H,3-7,18H2,1-2H3,(H,19,20). The minimum Gasteiger partial charge on any atom is -0.396 e. The predicted octanol–water partition coefficient (Wildman–Crippen LogP) is 3.66. The van der Waals surface area contributed by atoms with Gasteiger partial charge in [0, 0.05) is 20.1 Å². The largest absolute Gasteiger partial charge is 0.396 e. The third kappa shape index (κ3) is 3.08. The summed E-state index contributed by atoms with van der Waals surface area (Å²) < 4.78 is 0. The van der Waals surface area contributed by atoms with Crippen molar-refractivity contribution in [2.24, 2.45) is 4.99 Å². The van der Waals surface area contributed by atoms with E-state index in [2.05, 4.69) is 27.2 Å². The molecule has 1 aliphatic carbocycles. The zero-order chi connectivity index (χ0) is 17.1. The second kappa shape index (κ2) is 7.17. The molecule has 6 nitrogen and oxygen atoms in total. The van der Waals surface area contributed by atoms with Crippen LogP contribution >= 0.6 is 11.3 Å². The summed E-state index contributed by atoms with van der Waals surface area (Å²) in [6, 6.07) is 0.527. The first-order chi connectivity index (χ1) is 11.7. The summed E-state index contributed by atoms with van der Waals surface area (Å²) in [6.07, 6.45) is 10.6. The number of aromatic nitrogens is 1. The Morgan fingerprint density at radius 1 is 1.42 bits per heavy atom. The zero-order valence-corrected chi connectivity index (χ0v) is 14.9. The molecular formula is C17H23N5OS. The second-order valence-corrected chi connectivity index (χ2v) is 7.18. The molecule has 3 N–H and O–H groups in total. The number of aliphatic imine (C=N–C) groups is 1. The summed E-state index contributed by atoms with van der Waals surface area (Å²) in [6.45, 7) is 0. The molecule has 0 atom stereocenters. The maximum absolute atomic E-state index is 11.5. The van der Waals surface area contributed by atoms with Gasteiger partial charge in [0.05, 0.1) is 39.9 Å². The minimum atomic E-state index is 0.527. The van der Waals surface area contributed by atoms with Crippen molar-refractivity contribution >= 4 is 51.2 Å². The van der Waals surface area contributed by atoms with Crippen molar-refractivity contribution in [1.29, 1.82) is 0 Å². The maximum Gasteiger partial charge on any atom is 0.162 e. The molecule has 1 aliphatic rings. The van der Waals surface area contributed by atoms with Crippen LogP contribution in [0.5, 0.6) is 0 Å². The van der Waals surface area contributed by atoms with Crippen molar-refractivity contribution < 1.29 is 4.79 Å². The van der Waals surface area contributed by atoms with Crippen LogP contribution in [0.2, 0.25) is 0 Å². The van der Waals surface area contributed by atoms with E-state index in [-0.39, 0.29) is 0 Å². The van der Waals surface area contributed by atoms with Gasteiger partial charge in [-0.25, -0.2) is 9.98 Å². The summed E-state index contributed by atoms with van der Waals surface area (Å²) in [5.41, 5.74) is 8.00. The average Bonchev–Trinajstić information content (AvgIpc) is 2.98. The topological polar surface area (TPSA) is 83.6 Å². The molecule has 7 heteroatoms. The Morgan fingerprint density at radius 3 is 2.83 bits per heavy atom. The lowest BCUT2D eigenvalue weighted by atomic mass is 9.95. The van der Waals surface area contributed by atoms with E-state index in [4.69, 9.17) is 5.73 Å². The third-order valence-electron chi connectivity index (χ3n) is 4.63. The van der Waals surface area contributed by atoms with E-state index in [0.717, 1.165) is 22.2 Å². The van der Waals surface area contributed by atoms with Crippen molar-refractivity contribution in [1.82, 2.24) is 9.88 Å². The molecule has 2 aromatic heterocycles. The normalized spacial score (nSPS) is 15.9. The maximum atomic E-state index is 11.5. The van der Waals surface area contributed by atoms with Gasteiger partial charge in [0.15, 0.2) is 6.29 Å². The van der Waals surface area contributed by atoms with E-state index < -0.39 is 0 Å². The van der Waals surface area contributed by atoms with E-state index in [1.807, 2.05) is 13.4 Å². The second-order valence-electron chi connectivity index (χ2n) is 6.15. The van der Waals surface area contributed by atoms with Crippen LogP contribution in [0.4, 0.5) is 17.1 Å². The van der Waals surface area contributed by atoms with Crippen LogP contribution in [-0.4, -0.2) is 42.6 Å². The number of hydrogen-bond acceptors (Lipinski definition) is 6. The number of thiophene rings is 1. The van der Waals surface area contributed by atoms with Crippen LogP contribution in [0.3, 0.4) is 0 Å². The van der Waals surface area contributed by atoms with E-state index in [1.165, 1.54) is 43.4 Å². The van der Waals surface area contributed by atoms with Gasteiger partial charge in [-0.15, -0.1) is 11.3 Å². The highest BCUT2D eigenvalue weighted by molar-refractivity contribution is 7.21. The smallest absolute Gasteiger partial charge is 0.162 e. The molecule has 0 amide bonds. The number of hydrogen-bond donors (Lipinski definition) is 2. The Balaban J connectivity index is 1.99. The summed E-state index contributed by atoms with van der Waals surface area (Å²) in [4.78, 5) is 24.0. The third-order valence-corrected chi connectivity index (χ3v) is 5.64. The predicted molar refractivity (Wildman–Crippen MR) is 102 cm³/mol. The molecule has 0 aromatic carbocycles. The van der Waals surface area contributed by atoms with Crippen molar-refractivity contribution in [3.8, 4) is 0 Å². The molecular weight excluding hydrogens is 322 g/mol. The van der Waals surface area contributed by atoms with Gasteiger partial charge in [0.2, 0.25) is 0 Å². The molecule has 0 radical (unpaired) electrons. The van der Waals surface area contributed by atoms with E-state index >= 15 is 0 Å². The summed E-state index contributed by atoms with van der Waals surface area (Å²) in [5.74, 6) is 0. The molecule has 3 rings (SSSR count). The molecule has 1 fully saturated rings. The number of nitrogens with zero attached hydrogens (tertiary/aromatic N) is 3. The Labute approximate surface area is 145 Å². The first-order valence-electron chi connectivity index (χ1n) is 8.25. The SMILES string of the molecule is CNc1c(N)cnc2sc(C=O)c(N=CN(C)C3CCCCC3)c12. The monoisotopic (exact) mass is 345 g/mol. The number of carbonyl (C=O) groups is 1. The number of nitrogens with one attached hydrogen (secondary N) is 1. The molecule has 0 bridgehead atoms. The number of aldehydes is 1. The fraction of sp³-hybridized carbons (Fsp3) is 0.471. The minimum absolute atomic E-state index is 0.527. The number of nitrogens with two attached hydrogens (primary N) is 1. The van der Waals surface area contributed by atoms with Gasteiger partial charge in [-0.3, -0.25) is 4.79 Å². The average molecular weight is 345 g/mol. The molecule has 2 heterocycles. The Morgan fingerprint density at radius 2 is 2.17 bits per heavy atom. The molecule has 0 unspecified atom stereocenters. The zero-order valence-electron chi connectivity index (χ0n) is 14.1.